The van der Waals surface area contributed by atoms with Crippen LogP contribution in [0.5, 0.6) is 0 Å². The summed E-state index contributed by atoms with van der Waals surface area (Å²) in [5.41, 5.74) is 6.67. The molecule has 0 radical (unpaired) electrons. The minimum absolute atomic E-state index is 0.0866. The van der Waals surface area contributed by atoms with Gasteiger partial charge in [-0.2, -0.15) is 0 Å². The lowest BCUT2D eigenvalue weighted by atomic mass is 9.63. The third kappa shape index (κ3) is 4.28. The molecule has 0 atom stereocenters. The lowest BCUT2D eigenvalue weighted by Gasteiger charge is -2.41. The summed E-state index contributed by atoms with van der Waals surface area (Å²) >= 11 is 1.78. The number of rotatable bonds is 3. The SMILES string of the molecule is CC(C)(C)c1ccc(Nc2cc3sc4cc5c(cc4c3cc2B(O)O)C(C)(C)CCC5(C)C)cc1. The van der Waals surface area contributed by atoms with E-state index in [0.717, 1.165) is 21.5 Å². The normalized spacial score (nSPS) is 16.9. The van der Waals surface area contributed by atoms with Gasteiger partial charge in [-0.25, -0.2) is 0 Å². The van der Waals surface area contributed by atoms with Crippen molar-refractivity contribution in [2.24, 2.45) is 0 Å². The number of hydrogen-bond donors (Lipinski definition) is 3. The molecule has 0 fully saturated rings. The van der Waals surface area contributed by atoms with E-state index < -0.39 is 7.12 Å². The Morgan fingerprint density at radius 1 is 0.800 bits per heavy atom. The summed E-state index contributed by atoms with van der Waals surface area (Å²) in [5, 5.41) is 26.3. The van der Waals surface area contributed by atoms with Crippen LogP contribution < -0.4 is 10.8 Å². The molecule has 0 spiro atoms. The first-order chi connectivity index (χ1) is 16.3. The van der Waals surface area contributed by atoms with Crippen molar-refractivity contribution in [1.29, 1.82) is 0 Å². The van der Waals surface area contributed by atoms with Crippen molar-refractivity contribution in [2.75, 3.05) is 5.32 Å². The number of fused-ring (bicyclic) bond motifs is 4. The lowest BCUT2D eigenvalue weighted by Crippen LogP contribution is -2.33. The summed E-state index contributed by atoms with van der Waals surface area (Å²) in [5.74, 6) is 0. The Morgan fingerprint density at radius 2 is 1.34 bits per heavy atom. The molecular formula is C30H36BNO2S. The Labute approximate surface area is 213 Å². The van der Waals surface area contributed by atoms with Gasteiger partial charge in [-0.1, -0.05) is 66.7 Å². The van der Waals surface area contributed by atoms with E-state index in [4.69, 9.17) is 0 Å². The molecule has 0 bridgehead atoms. The Morgan fingerprint density at radius 3 is 1.91 bits per heavy atom. The molecule has 0 unspecified atom stereocenters. The molecule has 35 heavy (non-hydrogen) atoms. The van der Waals surface area contributed by atoms with Crippen molar-refractivity contribution in [3.05, 3.63) is 65.2 Å². The van der Waals surface area contributed by atoms with Gasteiger partial charge in [-0.3, -0.25) is 0 Å². The van der Waals surface area contributed by atoms with Gasteiger partial charge >= 0.3 is 7.12 Å². The fourth-order valence-corrected chi connectivity index (χ4v) is 6.58. The molecule has 4 aromatic rings. The predicted molar refractivity (Wildman–Crippen MR) is 153 cm³/mol. The fraction of sp³-hybridized carbons (Fsp3) is 0.400. The number of nitrogens with one attached hydrogen (secondary N) is 1. The number of thiophene rings is 1. The Balaban J connectivity index is 1.64. The number of benzene rings is 3. The maximum absolute atomic E-state index is 10.3. The highest BCUT2D eigenvalue weighted by atomic mass is 32.1. The minimum Gasteiger partial charge on any atom is -0.423 e. The van der Waals surface area contributed by atoms with Crippen LogP contribution in [0.1, 0.15) is 78.0 Å². The van der Waals surface area contributed by atoms with Gasteiger partial charge in [-0.05, 0) is 76.1 Å². The Bertz CT molecular complexity index is 1430. The summed E-state index contributed by atoms with van der Waals surface area (Å²) < 4.78 is 2.41. The topological polar surface area (TPSA) is 52.5 Å². The molecule has 1 aliphatic carbocycles. The van der Waals surface area contributed by atoms with E-state index in [2.05, 4.69) is 96.2 Å². The van der Waals surface area contributed by atoms with Crippen LogP contribution >= 0.6 is 11.3 Å². The van der Waals surface area contributed by atoms with Crippen LogP contribution in [0.3, 0.4) is 0 Å². The van der Waals surface area contributed by atoms with Crippen LogP contribution in [0.25, 0.3) is 20.2 Å². The van der Waals surface area contributed by atoms with Crippen molar-refractivity contribution in [3.63, 3.8) is 0 Å². The average Bonchev–Trinajstić information content (AvgIpc) is 3.12. The summed E-state index contributed by atoms with van der Waals surface area (Å²) in [4.78, 5) is 0. The first-order valence-corrected chi connectivity index (χ1v) is 13.4. The molecule has 182 valence electrons. The molecule has 0 amide bonds. The Hall–Kier alpha value is -2.34. The van der Waals surface area contributed by atoms with E-state index >= 15 is 0 Å². The van der Waals surface area contributed by atoms with Gasteiger partial charge in [-0.15, -0.1) is 11.3 Å². The van der Waals surface area contributed by atoms with Gasteiger partial charge in [0.15, 0.2) is 0 Å². The van der Waals surface area contributed by atoms with Gasteiger partial charge in [0.2, 0.25) is 0 Å². The van der Waals surface area contributed by atoms with Crippen LogP contribution in [0.2, 0.25) is 0 Å². The quantitative estimate of drug-likeness (QED) is 0.271. The number of hydrogen-bond acceptors (Lipinski definition) is 4. The van der Waals surface area contributed by atoms with E-state index in [9.17, 15) is 10.0 Å². The van der Waals surface area contributed by atoms with Gasteiger partial charge in [0, 0.05) is 37.0 Å². The van der Waals surface area contributed by atoms with Crippen molar-refractivity contribution in [2.45, 2.75) is 77.6 Å². The van der Waals surface area contributed by atoms with E-state index in [1.54, 1.807) is 11.3 Å². The minimum atomic E-state index is -1.56. The second-order valence-electron chi connectivity index (χ2n) is 12.5. The molecule has 3 N–H and O–H groups in total. The molecule has 3 nitrogen and oxygen atoms in total. The third-order valence-corrected chi connectivity index (χ3v) is 9.04. The molecule has 0 saturated heterocycles. The van der Waals surface area contributed by atoms with E-state index in [0.29, 0.717) is 5.46 Å². The van der Waals surface area contributed by atoms with Crippen LogP contribution in [0, 0.1) is 0 Å². The van der Waals surface area contributed by atoms with E-state index in [1.807, 2.05) is 6.07 Å². The summed E-state index contributed by atoms with van der Waals surface area (Å²) in [6.07, 6.45) is 2.36. The molecule has 5 heteroatoms. The summed E-state index contributed by atoms with van der Waals surface area (Å²) in [6, 6.07) is 17.2. The predicted octanol–water partition coefficient (Wildman–Crippen LogP) is 7.12. The molecule has 0 aliphatic heterocycles. The Kier molecular flexibility index (Phi) is 5.63. The molecular weight excluding hydrogens is 449 g/mol. The molecule has 0 saturated carbocycles. The fourth-order valence-electron chi connectivity index (χ4n) is 5.43. The highest BCUT2D eigenvalue weighted by molar-refractivity contribution is 7.25. The first-order valence-electron chi connectivity index (χ1n) is 12.6. The number of anilines is 2. The standard InChI is InChI=1S/C30H36BNO2S/c1-28(2,3)18-8-10-19(11-9-18)32-25-17-27-21(15-24(25)31(33)34)20-14-22-23(16-26(20)35-27)30(6,7)13-12-29(22,4)5/h8-11,14-17,32-34H,12-13H2,1-7H3. The van der Waals surface area contributed by atoms with Crippen molar-refractivity contribution in [1.82, 2.24) is 0 Å². The zero-order chi connectivity index (χ0) is 25.3. The zero-order valence-corrected chi connectivity index (χ0v) is 22.7. The van der Waals surface area contributed by atoms with E-state index in [-0.39, 0.29) is 16.2 Å². The highest BCUT2D eigenvalue weighted by Crippen LogP contribution is 2.49. The first kappa shape index (κ1) is 24.4. The van der Waals surface area contributed by atoms with Crippen LogP contribution in [-0.4, -0.2) is 17.2 Å². The molecule has 5 rings (SSSR count). The molecule has 1 heterocycles. The van der Waals surface area contributed by atoms with E-state index in [1.165, 1.54) is 39.6 Å². The van der Waals surface area contributed by atoms with Crippen molar-refractivity contribution >= 4 is 55.5 Å². The van der Waals surface area contributed by atoms with Crippen LogP contribution in [0.15, 0.2) is 48.5 Å². The van der Waals surface area contributed by atoms with Crippen LogP contribution in [-0.2, 0) is 16.2 Å². The second kappa shape index (κ2) is 8.09. The van der Waals surface area contributed by atoms with Gasteiger partial charge in [0.25, 0.3) is 0 Å². The highest BCUT2D eigenvalue weighted by Gasteiger charge is 2.37. The van der Waals surface area contributed by atoms with Gasteiger partial charge in [0.1, 0.15) is 0 Å². The second-order valence-corrected chi connectivity index (χ2v) is 13.6. The largest absolute Gasteiger partial charge is 0.490 e. The van der Waals surface area contributed by atoms with Crippen molar-refractivity contribution in [3.8, 4) is 0 Å². The van der Waals surface area contributed by atoms with Crippen LogP contribution in [0.4, 0.5) is 11.4 Å². The average molecular weight is 486 g/mol. The van der Waals surface area contributed by atoms with Crippen molar-refractivity contribution < 1.29 is 10.0 Å². The monoisotopic (exact) mass is 485 g/mol. The summed E-state index contributed by atoms with van der Waals surface area (Å²) in [6.45, 7) is 16.0. The maximum Gasteiger partial charge on any atom is 0.490 e. The van der Waals surface area contributed by atoms with Gasteiger partial charge < -0.3 is 15.4 Å². The summed E-state index contributed by atoms with van der Waals surface area (Å²) in [7, 11) is -1.56. The lowest BCUT2D eigenvalue weighted by molar-refractivity contribution is 0.332. The maximum atomic E-state index is 10.3. The molecule has 1 aromatic heterocycles. The molecule has 3 aromatic carbocycles. The van der Waals surface area contributed by atoms with Gasteiger partial charge in [0.05, 0.1) is 0 Å². The molecule has 1 aliphatic rings. The zero-order valence-electron chi connectivity index (χ0n) is 21.9. The third-order valence-electron chi connectivity index (χ3n) is 7.92. The smallest absolute Gasteiger partial charge is 0.423 e.